The smallest absolute Gasteiger partial charge is 0.244 e. The lowest BCUT2D eigenvalue weighted by Gasteiger charge is -2.36. The largest absolute Gasteiger partial charge is 0.337 e. The minimum absolute atomic E-state index is 0.0148. The zero-order valence-electron chi connectivity index (χ0n) is 15.5. The summed E-state index contributed by atoms with van der Waals surface area (Å²) in [6, 6.07) is 12.8. The summed E-state index contributed by atoms with van der Waals surface area (Å²) in [5, 5.41) is 11.8. The topological polar surface area (TPSA) is 90.3 Å². The van der Waals surface area contributed by atoms with Gasteiger partial charge in [0.15, 0.2) is 0 Å². The van der Waals surface area contributed by atoms with Gasteiger partial charge in [-0.1, -0.05) is 24.3 Å². The molecule has 0 aliphatic carbocycles. The van der Waals surface area contributed by atoms with Crippen LogP contribution in [0.3, 0.4) is 0 Å². The summed E-state index contributed by atoms with van der Waals surface area (Å²) in [7, 11) is -4.06. The molecule has 1 unspecified atom stereocenters. The fraction of sp³-hybridized carbons (Fsp3) is 0.300. The molecule has 0 radical (unpaired) electrons. The van der Waals surface area contributed by atoms with Crippen LogP contribution in [0.1, 0.15) is 25.0 Å². The summed E-state index contributed by atoms with van der Waals surface area (Å²) < 4.78 is 40.8. The van der Waals surface area contributed by atoms with Crippen LogP contribution in [0.2, 0.25) is 0 Å². The molecule has 8 heteroatoms. The van der Waals surface area contributed by atoms with E-state index < -0.39 is 33.3 Å². The number of nitrogens with zero attached hydrogens (tertiary/aromatic N) is 2. The van der Waals surface area contributed by atoms with Crippen molar-refractivity contribution in [1.82, 2.24) is 9.62 Å². The number of hydrogen-bond acceptors (Lipinski definition) is 4. The number of halogens is 1. The van der Waals surface area contributed by atoms with Crippen molar-refractivity contribution < 1.29 is 17.6 Å². The van der Waals surface area contributed by atoms with Crippen LogP contribution in [-0.2, 0) is 27.8 Å². The first-order valence-electron chi connectivity index (χ1n) is 8.71. The van der Waals surface area contributed by atoms with Gasteiger partial charge in [0.1, 0.15) is 17.4 Å². The quantitative estimate of drug-likeness (QED) is 0.852. The van der Waals surface area contributed by atoms with Crippen molar-refractivity contribution in [2.45, 2.75) is 43.3 Å². The Morgan fingerprint density at radius 1 is 1.18 bits per heavy atom. The van der Waals surface area contributed by atoms with E-state index in [4.69, 9.17) is 0 Å². The number of carbonyl (C=O) groups is 1. The van der Waals surface area contributed by atoms with Crippen molar-refractivity contribution in [3.8, 4) is 6.07 Å². The number of rotatable bonds is 4. The second-order valence-corrected chi connectivity index (χ2v) is 9.11. The second kappa shape index (κ2) is 7.34. The third kappa shape index (κ3) is 3.91. The van der Waals surface area contributed by atoms with Gasteiger partial charge in [0, 0.05) is 6.54 Å². The molecule has 0 fully saturated rings. The molecule has 1 atom stereocenters. The van der Waals surface area contributed by atoms with Crippen LogP contribution in [0.15, 0.2) is 53.4 Å². The molecule has 0 bridgehead atoms. The first-order valence-corrected chi connectivity index (χ1v) is 10.2. The van der Waals surface area contributed by atoms with Crippen molar-refractivity contribution in [3.05, 3.63) is 65.5 Å². The average molecular weight is 401 g/mol. The van der Waals surface area contributed by atoms with Gasteiger partial charge in [-0.25, -0.2) is 12.8 Å². The van der Waals surface area contributed by atoms with E-state index in [9.17, 15) is 22.9 Å². The number of hydrogen-bond donors (Lipinski definition) is 1. The summed E-state index contributed by atoms with van der Waals surface area (Å²) in [6.45, 7) is 3.10. The Labute approximate surface area is 163 Å². The van der Waals surface area contributed by atoms with E-state index in [0.29, 0.717) is 0 Å². The average Bonchev–Trinajstić information content (AvgIpc) is 2.67. The number of sulfonamides is 1. The molecule has 1 N–H and O–H groups in total. The summed E-state index contributed by atoms with van der Waals surface area (Å²) in [5.41, 5.74) is 0.541. The monoisotopic (exact) mass is 401 g/mol. The van der Waals surface area contributed by atoms with Gasteiger partial charge in [0.25, 0.3) is 0 Å². The summed E-state index contributed by atoms with van der Waals surface area (Å²) >= 11 is 0. The highest BCUT2D eigenvalue weighted by atomic mass is 32.2. The fourth-order valence-electron chi connectivity index (χ4n) is 3.14. The number of carbonyl (C=O) groups excluding carboxylic acids is 1. The predicted molar refractivity (Wildman–Crippen MR) is 101 cm³/mol. The maximum absolute atomic E-state index is 13.2. The second-order valence-electron chi connectivity index (χ2n) is 7.22. The Kier molecular flexibility index (Phi) is 5.24. The standard InChI is InChI=1S/C20H20FN3O3S/c1-20(2,13-22)23-19(25)18-11-14-5-3-4-6-15(14)12-24(18)28(26,27)17-9-7-16(21)8-10-17/h3-10,18H,11-12H2,1-2H3,(H,23,25). The summed E-state index contributed by atoms with van der Waals surface area (Å²) in [6.07, 6.45) is 0.184. The van der Waals surface area contributed by atoms with Crippen LogP contribution in [0.25, 0.3) is 0 Å². The van der Waals surface area contributed by atoms with Gasteiger partial charge in [-0.3, -0.25) is 4.79 Å². The third-order valence-electron chi connectivity index (χ3n) is 4.64. The molecule has 0 saturated carbocycles. The van der Waals surface area contributed by atoms with E-state index in [1.165, 1.54) is 12.1 Å². The van der Waals surface area contributed by atoms with E-state index in [0.717, 1.165) is 27.6 Å². The van der Waals surface area contributed by atoms with E-state index >= 15 is 0 Å². The fourth-order valence-corrected chi connectivity index (χ4v) is 4.70. The minimum Gasteiger partial charge on any atom is -0.337 e. The Morgan fingerprint density at radius 3 is 2.39 bits per heavy atom. The molecule has 6 nitrogen and oxygen atoms in total. The molecule has 1 aliphatic rings. The Bertz CT molecular complexity index is 1040. The van der Waals surface area contributed by atoms with E-state index in [1.54, 1.807) is 19.9 Å². The van der Waals surface area contributed by atoms with Gasteiger partial charge in [-0.15, -0.1) is 0 Å². The van der Waals surface area contributed by atoms with Crippen LogP contribution in [-0.4, -0.2) is 30.2 Å². The molecule has 28 heavy (non-hydrogen) atoms. The molecule has 2 aromatic carbocycles. The van der Waals surface area contributed by atoms with Crippen molar-refractivity contribution >= 4 is 15.9 Å². The molecular weight excluding hydrogens is 381 g/mol. The Morgan fingerprint density at radius 2 is 1.79 bits per heavy atom. The van der Waals surface area contributed by atoms with Crippen LogP contribution in [0.5, 0.6) is 0 Å². The first kappa shape index (κ1) is 20.0. The molecule has 146 valence electrons. The number of benzene rings is 2. The normalized spacial score (nSPS) is 17.4. The van der Waals surface area contributed by atoms with Gasteiger partial charge in [0.05, 0.1) is 11.0 Å². The molecule has 3 rings (SSSR count). The maximum Gasteiger partial charge on any atom is 0.244 e. The highest BCUT2D eigenvalue weighted by Crippen LogP contribution is 2.29. The molecule has 0 aromatic heterocycles. The number of amides is 1. The molecule has 1 amide bonds. The number of nitrogens with one attached hydrogen (secondary N) is 1. The van der Waals surface area contributed by atoms with Gasteiger partial charge >= 0.3 is 0 Å². The zero-order chi connectivity index (χ0) is 20.5. The van der Waals surface area contributed by atoms with Crippen LogP contribution in [0.4, 0.5) is 4.39 Å². The van der Waals surface area contributed by atoms with Crippen LogP contribution >= 0.6 is 0 Å². The number of fused-ring (bicyclic) bond motifs is 1. The van der Waals surface area contributed by atoms with Crippen molar-refractivity contribution in [2.75, 3.05) is 0 Å². The van der Waals surface area contributed by atoms with Gasteiger partial charge < -0.3 is 5.32 Å². The Balaban J connectivity index is 2.03. The highest BCUT2D eigenvalue weighted by molar-refractivity contribution is 7.89. The van der Waals surface area contributed by atoms with E-state index in [-0.39, 0.29) is 17.9 Å². The van der Waals surface area contributed by atoms with E-state index in [1.807, 2.05) is 24.3 Å². The summed E-state index contributed by atoms with van der Waals surface area (Å²) in [5.74, 6) is -1.10. The lowest BCUT2D eigenvalue weighted by atomic mass is 9.94. The number of nitriles is 1. The molecule has 1 heterocycles. The molecular formula is C20H20FN3O3S. The zero-order valence-corrected chi connectivity index (χ0v) is 16.3. The van der Waals surface area contributed by atoms with Crippen LogP contribution < -0.4 is 5.32 Å². The molecule has 0 spiro atoms. The Hall–Kier alpha value is -2.76. The molecule has 1 aliphatic heterocycles. The van der Waals surface area contributed by atoms with Crippen molar-refractivity contribution in [2.24, 2.45) is 0 Å². The summed E-state index contributed by atoms with van der Waals surface area (Å²) in [4.78, 5) is 12.8. The van der Waals surface area contributed by atoms with Gasteiger partial charge in [-0.05, 0) is 55.7 Å². The van der Waals surface area contributed by atoms with E-state index in [2.05, 4.69) is 5.32 Å². The van der Waals surface area contributed by atoms with Gasteiger partial charge in [-0.2, -0.15) is 9.57 Å². The lowest BCUT2D eigenvalue weighted by Crippen LogP contribution is -2.56. The highest BCUT2D eigenvalue weighted by Gasteiger charge is 2.40. The van der Waals surface area contributed by atoms with Crippen LogP contribution in [0, 0.1) is 17.1 Å². The van der Waals surface area contributed by atoms with Crippen molar-refractivity contribution in [3.63, 3.8) is 0 Å². The molecule has 0 saturated heterocycles. The SMILES string of the molecule is CC(C)(C#N)NC(=O)C1Cc2ccccc2CN1S(=O)(=O)c1ccc(F)cc1. The third-order valence-corrected chi connectivity index (χ3v) is 6.51. The lowest BCUT2D eigenvalue weighted by molar-refractivity contribution is -0.126. The predicted octanol–water partition coefficient (Wildman–Crippen LogP) is 2.36. The van der Waals surface area contributed by atoms with Crippen molar-refractivity contribution in [1.29, 1.82) is 5.26 Å². The minimum atomic E-state index is -4.06. The first-order chi connectivity index (χ1) is 13.1. The maximum atomic E-state index is 13.2. The van der Waals surface area contributed by atoms with Gasteiger partial charge in [0.2, 0.25) is 15.9 Å². The molecule has 2 aromatic rings.